The second kappa shape index (κ2) is 10.2. The highest BCUT2D eigenvalue weighted by Gasteiger charge is 2.38. The van der Waals surface area contributed by atoms with Crippen LogP contribution in [0, 0.1) is 23.2 Å². The molecule has 0 spiro atoms. The van der Waals surface area contributed by atoms with Crippen molar-refractivity contribution in [2.45, 2.75) is 38.8 Å². The zero-order valence-electron chi connectivity index (χ0n) is 15.8. The van der Waals surface area contributed by atoms with Crippen LogP contribution in [-0.4, -0.2) is 25.4 Å². The number of nitriles is 1. The summed E-state index contributed by atoms with van der Waals surface area (Å²) in [5.74, 6) is 0.260. The van der Waals surface area contributed by atoms with Crippen molar-refractivity contribution < 1.29 is 14.2 Å². The summed E-state index contributed by atoms with van der Waals surface area (Å²) >= 11 is 0. The summed E-state index contributed by atoms with van der Waals surface area (Å²) in [6.45, 7) is 4.33. The maximum Gasteiger partial charge on any atom is 0.0859 e. The molecule has 4 heteroatoms. The molecule has 0 N–H and O–H groups in total. The molecule has 1 fully saturated rings. The van der Waals surface area contributed by atoms with Crippen molar-refractivity contribution in [2.24, 2.45) is 11.8 Å². The van der Waals surface area contributed by atoms with Gasteiger partial charge in [-0.1, -0.05) is 67.6 Å². The lowest BCUT2D eigenvalue weighted by Crippen LogP contribution is -2.47. The van der Waals surface area contributed by atoms with Crippen LogP contribution in [0.5, 0.6) is 0 Å². The lowest BCUT2D eigenvalue weighted by molar-refractivity contribution is -0.166. The fourth-order valence-electron chi connectivity index (χ4n) is 3.55. The molecule has 1 heterocycles. The van der Waals surface area contributed by atoms with Crippen molar-refractivity contribution in [1.29, 1.82) is 5.26 Å². The topological polar surface area (TPSA) is 51.5 Å². The summed E-state index contributed by atoms with van der Waals surface area (Å²) in [5.41, 5.74) is 2.30. The highest BCUT2D eigenvalue weighted by molar-refractivity contribution is 5.14. The molecule has 4 nitrogen and oxygen atoms in total. The normalized spacial score (nSPS) is 25.0. The summed E-state index contributed by atoms with van der Waals surface area (Å²) in [5, 5.41) is 9.16. The molecule has 1 aliphatic heterocycles. The molecule has 0 bridgehead atoms. The number of rotatable bonds is 8. The molecule has 0 aromatic heterocycles. The molecule has 2 aromatic carbocycles. The monoisotopic (exact) mass is 365 g/mol. The van der Waals surface area contributed by atoms with Crippen LogP contribution in [0.4, 0.5) is 0 Å². The number of nitrogens with zero attached hydrogens (tertiary/aromatic N) is 1. The van der Waals surface area contributed by atoms with Gasteiger partial charge >= 0.3 is 0 Å². The van der Waals surface area contributed by atoms with Gasteiger partial charge in [-0.05, 0) is 11.1 Å². The molecular formula is C23H27NO3. The molecule has 2 aromatic rings. The first-order chi connectivity index (χ1) is 13.3. The summed E-state index contributed by atoms with van der Waals surface area (Å²) in [6.07, 6.45) is 0.412. The van der Waals surface area contributed by atoms with E-state index in [2.05, 4.69) is 37.3 Å². The number of hydrogen-bond acceptors (Lipinski definition) is 4. The van der Waals surface area contributed by atoms with Gasteiger partial charge in [0.25, 0.3) is 0 Å². The summed E-state index contributed by atoms with van der Waals surface area (Å²) in [6, 6.07) is 22.6. The van der Waals surface area contributed by atoms with Gasteiger partial charge in [0, 0.05) is 18.3 Å². The molecule has 1 saturated heterocycles. The zero-order valence-corrected chi connectivity index (χ0v) is 15.8. The highest BCUT2D eigenvalue weighted by atomic mass is 16.5. The van der Waals surface area contributed by atoms with Gasteiger partial charge in [0.1, 0.15) is 0 Å². The van der Waals surface area contributed by atoms with Crippen LogP contribution in [0.1, 0.15) is 24.5 Å². The fraction of sp³-hybridized carbons (Fsp3) is 0.435. The van der Waals surface area contributed by atoms with Gasteiger partial charge in [-0.2, -0.15) is 5.26 Å². The minimum atomic E-state index is -0.0237. The SMILES string of the molecule is C[C@@H]1[C@H](OCc2ccccc2)[C@H](CC#N)CO[C@@H]1COCc1ccccc1. The van der Waals surface area contributed by atoms with E-state index in [-0.39, 0.29) is 24.0 Å². The Kier molecular flexibility index (Phi) is 7.41. The predicted molar refractivity (Wildman–Crippen MR) is 104 cm³/mol. The molecule has 0 saturated carbocycles. The lowest BCUT2D eigenvalue weighted by atomic mass is 9.84. The Labute approximate surface area is 161 Å². The van der Waals surface area contributed by atoms with Crippen molar-refractivity contribution in [3.05, 3.63) is 71.8 Å². The molecule has 4 atom stereocenters. The zero-order chi connectivity index (χ0) is 18.9. The van der Waals surface area contributed by atoms with Crippen LogP contribution in [0.3, 0.4) is 0 Å². The number of benzene rings is 2. The lowest BCUT2D eigenvalue weighted by Gasteiger charge is -2.40. The van der Waals surface area contributed by atoms with Gasteiger partial charge in [-0.15, -0.1) is 0 Å². The van der Waals surface area contributed by atoms with E-state index in [4.69, 9.17) is 19.5 Å². The van der Waals surface area contributed by atoms with Crippen molar-refractivity contribution in [3.8, 4) is 6.07 Å². The predicted octanol–water partition coefficient (Wildman–Crippen LogP) is 4.35. The van der Waals surface area contributed by atoms with Crippen molar-refractivity contribution in [1.82, 2.24) is 0 Å². The minimum Gasteiger partial charge on any atom is -0.375 e. The van der Waals surface area contributed by atoms with Gasteiger partial charge in [0.05, 0.1) is 44.7 Å². The molecule has 3 rings (SSSR count). The molecule has 27 heavy (non-hydrogen) atoms. The summed E-state index contributed by atoms with van der Waals surface area (Å²) in [4.78, 5) is 0. The third kappa shape index (κ3) is 5.64. The van der Waals surface area contributed by atoms with Gasteiger partial charge in [0.15, 0.2) is 0 Å². The first kappa shape index (κ1) is 19.6. The minimum absolute atomic E-state index is 0.0102. The van der Waals surface area contributed by atoms with Crippen LogP contribution in [-0.2, 0) is 27.4 Å². The Morgan fingerprint density at radius 2 is 1.63 bits per heavy atom. The van der Waals surface area contributed by atoms with E-state index in [0.29, 0.717) is 32.8 Å². The van der Waals surface area contributed by atoms with E-state index in [0.717, 1.165) is 11.1 Å². The molecular weight excluding hydrogens is 338 g/mol. The van der Waals surface area contributed by atoms with E-state index in [9.17, 15) is 0 Å². The maximum atomic E-state index is 9.16. The molecule has 0 radical (unpaired) electrons. The number of hydrogen-bond donors (Lipinski definition) is 0. The highest BCUT2D eigenvalue weighted by Crippen LogP contribution is 2.31. The van der Waals surface area contributed by atoms with Crippen molar-refractivity contribution >= 4 is 0 Å². The molecule has 142 valence electrons. The largest absolute Gasteiger partial charge is 0.375 e. The molecule has 0 amide bonds. The van der Waals surface area contributed by atoms with Gasteiger partial charge in [-0.3, -0.25) is 0 Å². The molecule has 0 aliphatic carbocycles. The van der Waals surface area contributed by atoms with Crippen molar-refractivity contribution in [3.63, 3.8) is 0 Å². The van der Waals surface area contributed by atoms with E-state index in [1.165, 1.54) is 0 Å². The first-order valence-electron chi connectivity index (χ1n) is 9.53. The van der Waals surface area contributed by atoms with Crippen LogP contribution < -0.4 is 0 Å². The fourth-order valence-corrected chi connectivity index (χ4v) is 3.55. The van der Waals surface area contributed by atoms with E-state index in [1.807, 2.05) is 36.4 Å². The Hall–Kier alpha value is -2.19. The van der Waals surface area contributed by atoms with Crippen molar-refractivity contribution in [2.75, 3.05) is 13.2 Å². The van der Waals surface area contributed by atoms with Crippen LogP contribution in [0.25, 0.3) is 0 Å². The summed E-state index contributed by atoms with van der Waals surface area (Å²) < 4.78 is 18.2. The standard InChI is InChI=1S/C23H27NO3/c1-18-22(17-25-14-19-8-4-2-5-9-19)26-16-21(12-13-24)23(18)27-15-20-10-6-3-7-11-20/h2-11,18,21-23H,12,14-17H2,1H3/t18-,21+,22+,23-/m0/s1. The average molecular weight is 365 g/mol. The van der Waals surface area contributed by atoms with Crippen LogP contribution in [0.2, 0.25) is 0 Å². The Morgan fingerprint density at radius 1 is 1.00 bits per heavy atom. The average Bonchev–Trinajstić information content (AvgIpc) is 2.71. The van der Waals surface area contributed by atoms with Gasteiger partial charge in [-0.25, -0.2) is 0 Å². The van der Waals surface area contributed by atoms with E-state index >= 15 is 0 Å². The second-order valence-corrected chi connectivity index (χ2v) is 7.12. The Morgan fingerprint density at radius 3 is 2.26 bits per heavy atom. The second-order valence-electron chi connectivity index (χ2n) is 7.12. The maximum absolute atomic E-state index is 9.16. The first-order valence-corrected chi connectivity index (χ1v) is 9.53. The third-order valence-electron chi connectivity index (χ3n) is 5.13. The van der Waals surface area contributed by atoms with Gasteiger partial charge < -0.3 is 14.2 Å². The van der Waals surface area contributed by atoms with Gasteiger partial charge in [0.2, 0.25) is 0 Å². The molecule has 1 aliphatic rings. The Balaban J connectivity index is 1.56. The van der Waals surface area contributed by atoms with E-state index < -0.39 is 0 Å². The van der Waals surface area contributed by atoms with Crippen LogP contribution >= 0.6 is 0 Å². The van der Waals surface area contributed by atoms with E-state index in [1.54, 1.807) is 0 Å². The molecule has 0 unspecified atom stereocenters. The quantitative estimate of drug-likeness (QED) is 0.698. The van der Waals surface area contributed by atoms with Crippen LogP contribution in [0.15, 0.2) is 60.7 Å². The summed E-state index contributed by atoms with van der Waals surface area (Å²) in [7, 11) is 0. The number of ether oxygens (including phenoxy) is 3. The Bertz CT molecular complexity index is 713. The third-order valence-corrected chi connectivity index (χ3v) is 5.13. The smallest absolute Gasteiger partial charge is 0.0859 e.